The number of piperidine rings is 1. The van der Waals surface area contributed by atoms with Crippen LogP contribution >= 0.6 is 0 Å². The van der Waals surface area contributed by atoms with Gasteiger partial charge in [0.1, 0.15) is 0 Å². The van der Waals surface area contributed by atoms with E-state index in [0.29, 0.717) is 17.9 Å². The minimum atomic E-state index is 0.00887. The summed E-state index contributed by atoms with van der Waals surface area (Å²) in [6, 6.07) is 8.96. The van der Waals surface area contributed by atoms with Gasteiger partial charge in [-0.2, -0.15) is 5.26 Å². The van der Waals surface area contributed by atoms with Crippen LogP contribution in [0.3, 0.4) is 0 Å². The SMILES string of the molecule is N#Cc1ccc(NC(=O)CCN2CCCC(CN)C2)cc1. The van der Waals surface area contributed by atoms with Crippen LogP contribution in [0.4, 0.5) is 5.69 Å². The van der Waals surface area contributed by atoms with Gasteiger partial charge in [0.2, 0.25) is 5.91 Å². The fourth-order valence-electron chi connectivity index (χ4n) is 2.66. The molecule has 1 aromatic carbocycles. The first kappa shape index (κ1) is 15.5. The predicted molar refractivity (Wildman–Crippen MR) is 82.6 cm³/mol. The van der Waals surface area contributed by atoms with Crippen molar-refractivity contribution < 1.29 is 4.79 Å². The van der Waals surface area contributed by atoms with Gasteiger partial charge >= 0.3 is 0 Å². The van der Waals surface area contributed by atoms with Crippen LogP contribution in [0, 0.1) is 17.2 Å². The molecule has 21 heavy (non-hydrogen) atoms. The number of carbonyl (C=O) groups excluding carboxylic acids is 1. The molecule has 1 atom stereocenters. The Morgan fingerprint density at radius 2 is 2.19 bits per heavy atom. The third kappa shape index (κ3) is 4.85. The van der Waals surface area contributed by atoms with E-state index in [-0.39, 0.29) is 5.91 Å². The lowest BCUT2D eigenvalue weighted by Gasteiger charge is -2.31. The quantitative estimate of drug-likeness (QED) is 0.860. The number of amides is 1. The van der Waals surface area contributed by atoms with Crippen LogP contribution in [-0.4, -0.2) is 37.0 Å². The van der Waals surface area contributed by atoms with Crippen LogP contribution in [0.15, 0.2) is 24.3 Å². The Bertz CT molecular complexity index is 506. The van der Waals surface area contributed by atoms with Gasteiger partial charge in [0.15, 0.2) is 0 Å². The van der Waals surface area contributed by atoms with Gasteiger partial charge in [0, 0.05) is 25.2 Å². The number of likely N-dealkylation sites (tertiary alicyclic amines) is 1. The molecule has 0 bridgehead atoms. The third-order valence-electron chi connectivity index (χ3n) is 3.89. The van der Waals surface area contributed by atoms with Crippen molar-refractivity contribution in [2.45, 2.75) is 19.3 Å². The van der Waals surface area contributed by atoms with Crippen LogP contribution in [0.5, 0.6) is 0 Å². The Morgan fingerprint density at radius 3 is 2.86 bits per heavy atom. The highest BCUT2D eigenvalue weighted by atomic mass is 16.1. The summed E-state index contributed by atoms with van der Waals surface area (Å²) in [6.45, 7) is 3.56. The molecule has 5 heteroatoms. The summed E-state index contributed by atoms with van der Waals surface area (Å²) in [5.41, 5.74) is 7.04. The smallest absolute Gasteiger partial charge is 0.225 e. The number of hydrogen-bond acceptors (Lipinski definition) is 4. The number of nitrogens with zero attached hydrogens (tertiary/aromatic N) is 2. The first-order chi connectivity index (χ1) is 10.2. The van der Waals surface area contributed by atoms with Gasteiger partial charge in [0.25, 0.3) is 0 Å². The van der Waals surface area contributed by atoms with Gasteiger partial charge < -0.3 is 16.0 Å². The summed E-state index contributed by atoms with van der Waals surface area (Å²) in [6.07, 6.45) is 2.85. The predicted octanol–water partition coefficient (Wildman–Crippen LogP) is 1.56. The van der Waals surface area contributed by atoms with Gasteiger partial charge in [-0.05, 0) is 56.1 Å². The van der Waals surface area contributed by atoms with Crippen molar-refractivity contribution >= 4 is 11.6 Å². The fraction of sp³-hybridized carbons (Fsp3) is 0.500. The molecular weight excluding hydrogens is 264 g/mol. The summed E-state index contributed by atoms with van der Waals surface area (Å²) < 4.78 is 0. The van der Waals surface area contributed by atoms with Gasteiger partial charge in [-0.15, -0.1) is 0 Å². The molecule has 5 nitrogen and oxygen atoms in total. The highest BCUT2D eigenvalue weighted by Gasteiger charge is 2.18. The summed E-state index contributed by atoms with van der Waals surface area (Å²) in [4.78, 5) is 14.3. The van der Waals surface area contributed by atoms with Crippen LogP contribution in [0.1, 0.15) is 24.8 Å². The largest absolute Gasteiger partial charge is 0.330 e. The highest BCUT2D eigenvalue weighted by Crippen LogP contribution is 2.15. The second-order valence-electron chi connectivity index (χ2n) is 5.53. The second kappa shape index (κ2) is 7.77. The molecule has 2 rings (SSSR count). The van der Waals surface area contributed by atoms with Crippen molar-refractivity contribution in [3.05, 3.63) is 29.8 Å². The van der Waals surface area contributed by atoms with E-state index in [2.05, 4.69) is 16.3 Å². The lowest BCUT2D eigenvalue weighted by molar-refractivity contribution is -0.116. The number of rotatable bonds is 5. The zero-order valence-corrected chi connectivity index (χ0v) is 12.2. The molecule has 1 saturated heterocycles. The first-order valence-electron chi connectivity index (χ1n) is 7.43. The van der Waals surface area contributed by atoms with Crippen molar-refractivity contribution in [3.63, 3.8) is 0 Å². The summed E-state index contributed by atoms with van der Waals surface area (Å²) in [5.74, 6) is 0.579. The van der Waals surface area contributed by atoms with E-state index in [1.807, 2.05) is 0 Å². The average molecular weight is 286 g/mol. The molecule has 0 saturated carbocycles. The fourth-order valence-corrected chi connectivity index (χ4v) is 2.66. The molecule has 1 heterocycles. The van der Waals surface area contributed by atoms with Gasteiger partial charge in [-0.25, -0.2) is 0 Å². The van der Waals surface area contributed by atoms with Crippen LogP contribution in [0.25, 0.3) is 0 Å². The van der Waals surface area contributed by atoms with E-state index >= 15 is 0 Å². The maximum Gasteiger partial charge on any atom is 0.225 e. The van der Waals surface area contributed by atoms with E-state index in [1.54, 1.807) is 24.3 Å². The van der Waals surface area contributed by atoms with Gasteiger partial charge in [0.05, 0.1) is 11.6 Å². The monoisotopic (exact) mass is 286 g/mol. The molecule has 1 aliphatic heterocycles. The van der Waals surface area contributed by atoms with E-state index in [0.717, 1.165) is 31.9 Å². The number of benzene rings is 1. The maximum absolute atomic E-state index is 11.9. The molecule has 3 N–H and O–H groups in total. The van der Waals surface area contributed by atoms with Crippen molar-refractivity contribution in [3.8, 4) is 6.07 Å². The number of nitrogens with one attached hydrogen (secondary N) is 1. The van der Waals surface area contributed by atoms with Crippen molar-refractivity contribution in [1.82, 2.24) is 4.90 Å². The maximum atomic E-state index is 11.9. The van der Waals surface area contributed by atoms with Crippen LogP contribution in [-0.2, 0) is 4.79 Å². The lowest BCUT2D eigenvalue weighted by atomic mass is 9.98. The van der Waals surface area contributed by atoms with Crippen molar-refractivity contribution in [2.24, 2.45) is 11.7 Å². The molecular formula is C16H22N4O. The molecule has 1 unspecified atom stereocenters. The van der Waals surface area contributed by atoms with Gasteiger partial charge in [-0.1, -0.05) is 0 Å². The van der Waals surface area contributed by atoms with E-state index < -0.39 is 0 Å². The minimum Gasteiger partial charge on any atom is -0.330 e. The number of nitrogens with two attached hydrogens (primary N) is 1. The Kier molecular flexibility index (Phi) is 5.73. The Labute approximate surface area is 125 Å². The molecule has 1 aliphatic rings. The first-order valence-corrected chi connectivity index (χ1v) is 7.43. The number of anilines is 1. The molecule has 1 aromatic rings. The highest BCUT2D eigenvalue weighted by molar-refractivity contribution is 5.90. The number of carbonyl (C=O) groups is 1. The number of nitriles is 1. The molecule has 0 radical (unpaired) electrons. The summed E-state index contributed by atoms with van der Waals surface area (Å²) >= 11 is 0. The van der Waals surface area contributed by atoms with Crippen LogP contribution in [0.2, 0.25) is 0 Å². The number of hydrogen-bond donors (Lipinski definition) is 2. The van der Waals surface area contributed by atoms with Crippen LogP contribution < -0.4 is 11.1 Å². The zero-order valence-electron chi connectivity index (χ0n) is 12.2. The van der Waals surface area contributed by atoms with E-state index in [9.17, 15) is 4.79 Å². The van der Waals surface area contributed by atoms with E-state index in [4.69, 9.17) is 11.0 Å². The standard InChI is InChI=1S/C16H22N4O/c17-10-13-3-5-15(6-4-13)19-16(21)7-9-20-8-1-2-14(11-18)12-20/h3-6,14H,1-2,7-9,11-12,18H2,(H,19,21). The van der Waals surface area contributed by atoms with E-state index in [1.165, 1.54) is 12.8 Å². The minimum absolute atomic E-state index is 0.00887. The Morgan fingerprint density at radius 1 is 1.43 bits per heavy atom. The lowest BCUT2D eigenvalue weighted by Crippen LogP contribution is -2.39. The van der Waals surface area contributed by atoms with Crippen molar-refractivity contribution in [1.29, 1.82) is 5.26 Å². The Hall–Kier alpha value is -1.90. The average Bonchev–Trinajstić information content (AvgIpc) is 2.54. The molecule has 112 valence electrons. The Balaban J connectivity index is 1.75. The second-order valence-corrected chi connectivity index (χ2v) is 5.53. The normalized spacial score (nSPS) is 19.0. The summed E-state index contributed by atoms with van der Waals surface area (Å²) in [5, 5.41) is 11.6. The summed E-state index contributed by atoms with van der Waals surface area (Å²) in [7, 11) is 0. The third-order valence-corrected chi connectivity index (χ3v) is 3.89. The zero-order chi connectivity index (χ0) is 15.1. The topological polar surface area (TPSA) is 82.2 Å². The molecule has 0 aromatic heterocycles. The molecule has 0 spiro atoms. The molecule has 1 fully saturated rings. The van der Waals surface area contributed by atoms with Gasteiger partial charge in [-0.3, -0.25) is 4.79 Å². The molecule has 0 aliphatic carbocycles. The molecule has 1 amide bonds. The van der Waals surface area contributed by atoms with Crippen molar-refractivity contribution in [2.75, 3.05) is 31.5 Å².